The summed E-state index contributed by atoms with van der Waals surface area (Å²) in [5.74, 6) is -0.879. The largest absolute Gasteiger partial charge is 0.497 e. The van der Waals surface area contributed by atoms with Gasteiger partial charge in [0, 0.05) is 7.11 Å². The first-order chi connectivity index (χ1) is 14.0. The first-order valence-electron chi connectivity index (χ1n) is 8.66. The Morgan fingerprint density at radius 3 is 1.38 bits per heavy atom. The van der Waals surface area contributed by atoms with Gasteiger partial charge in [0.05, 0.1) is 24.8 Å². The lowest BCUT2D eigenvalue weighted by Crippen LogP contribution is -1.93. The molecule has 152 valence electrons. The molecule has 0 amide bonds. The Balaban J connectivity index is 0.000000219. The maximum absolute atomic E-state index is 10.2. The first-order valence-corrected chi connectivity index (χ1v) is 8.66. The van der Waals surface area contributed by atoms with Crippen molar-refractivity contribution < 1.29 is 29.3 Å². The van der Waals surface area contributed by atoms with E-state index in [0.29, 0.717) is 17.7 Å². The molecule has 0 heterocycles. The molecule has 0 saturated carbocycles. The third-order valence-electron chi connectivity index (χ3n) is 3.51. The summed E-state index contributed by atoms with van der Waals surface area (Å²) in [7, 11) is 3.34. The number of hydrogen-bond donors (Lipinski definition) is 2. The lowest BCUT2D eigenvalue weighted by atomic mass is 10.2. The molecule has 6 nitrogen and oxygen atoms in total. The van der Waals surface area contributed by atoms with Crippen LogP contribution in [-0.2, 0) is 11.3 Å². The van der Waals surface area contributed by atoms with E-state index < -0.39 is 11.9 Å². The van der Waals surface area contributed by atoms with Gasteiger partial charge in [-0.1, -0.05) is 48.5 Å². The molecule has 0 aliphatic carbocycles. The van der Waals surface area contributed by atoms with E-state index in [4.69, 9.17) is 19.7 Å². The molecule has 0 spiro atoms. The summed E-state index contributed by atoms with van der Waals surface area (Å²) in [6, 6.07) is 24.4. The van der Waals surface area contributed by atoms with Crippen molar-refractivity contribution >= 4 is 11.9 Å². The van der Waals surface area contributed by atoms with Gasteiger partial charge in [0.25, 0.3) is 0 Å². The number of methoxy groups -OCH3 is 2. The van der Waals surface area contributed by atoms with Gasteiger partial charge >= 0.3 is 11.9 Å². The van der Waals surface area contributed by atoms with Gasteiger partial charge in [0.1, 0.15) is 5.75 Å². The first kappa shape index (κ1) is 23.4. The molecular weight excluding hydrogens is 372 g/mol. The fourth-order valence-corrected chi connectivity index (χ4v) is 2.05. The Hall–Kier alpha value is -3.64. The topological polar surface area (TPSA) is 93.1 Å². The van der Waals surface area contributed by atoms with E-state index in [2.05, 4.69) is 0 Å². The number of hydrogen-bond acceptors (Lipinski definition) is 4. The van der Waals surface area contributed by atoms with Crippen LogP contribution >= 0.6 is 0 Å². The molecule has 3 rings (SSSR count). The summed E-state index contributed by atoms with van der Waals surface area (Å²) in [6.45, 7) is 0.657. The third-order valence-corrected chi connectivity index (χ3v) is 3.51. The van der Waals surface area contributed by atoms with Crippen LogP contribution in [0.25, 0.3) is 0 Å². The molecule has 0 radical (unpaired) electrons. The van der Waals surface area contributed by atoms with E-state index in [1.54, 1.807) is 74.9 Å². The molecule has 6 heteroatoms. The highest BCUT2D eigenvalue weighted by Crippen LogP contribution is 2.11. The number of benzene rings is 3. The van der Waals surface area contributed by atoms with Crippen LogP contribution in [0.5, 0.6) is 5.75 Å². The zero-order chi connectivity index (χ0) is 21.5. The number of ether oxygens (including phenoxy) is 2. The monoisotopic (exact) mass is 396 g/mol. The maximum atomic E-state index is 10.2. The average Bonchev–Trinajstić information content (AvgIpc) is 2.76. The number of carboxylic acid groups (broad SMARTS) is 2. The standard InChI is InChI=1S/C9H12O2.2C7H6O2/c1-10-7-8-3-5-9(11-2)6-4-8;2*8-7(9)6-4-2-1-3-5-6/h3-6H,7H2,1-2H3;2*1-5H,(H,8,9). The Morgan fingerprint density at radius 1 is 0.690 bits per heavy atom. The van der Waals surface area contributed by atoms with Crippen molar-refractivity contribution in [1.29, 1.82) is 0 Å². The second-order valence-corrected chi connectivity index (χ2v) is 5.62. The predicted octanol–water partition coefficient (Wildman–Crippen LogP) is 4.61. The van der Waals surface area contributed by atoms with Gasteiger partial charge in [-0.3, -0.25) is 0 Å². The number of carboxylic acids is 2. The molecular formula is C23H24O6. The fraction of sp³-hybridized carbons (Fsp3) is 0.130. The third kappa shape index (κ3) is 9.74. The second-order valence-electron chi connectivity index (χ2n) is 5.62. The van der Waals surface area contributed by atoms with Crippen molar-refractivity contribution in [2.45, 2.75) is 6.61 Å². The van der Waals surface area contributed by atoms with Crippen LogP contribution in [0.1, 0.15) is 26.3 Å². The zero-order valence-corrected chi connectivity index (χ0v) is 16.3. The van der Waals surface area contributed by atoms with Crippen LogP contribution in [0.4, 0.5) is 0 Å². The summed E-state index contributed by atoms with van der Waals surface area (Å²) in [6.07, 6.45) is 0. The van der Waals surface area contributed by atoms with Crippen molar-refractivity contribution in [3.8, 4) is 5.75 Å². The number of rotatable bonds is 5. The SMILES string of the molecule is COCc1ccc(OC)cc1.O=C(O)c1ccccc1.O=C(O)c1ccccc1. The highest BCUT2D eigenvalue weighted by Gasteiger charge is 1.97. The predicted molar refractivity (Wildman–Crippen MR) is 111 cm³/mol. The molecule has 0 fully saturated rings. The Morgan fingerprint density at radius 2 is 1.10 bits per heavy atom. The molecule has 0 aliphatic rings. The van der Waals surface area contributed by atoms with Gasteiger partial charge in [-0.15, -0.1) is 0 Å². The molecule has 3 aromatic carbocycles. The second kappa shape index (κ2) is 13.5. The van der Waals surface area contributed by atoms with Crippen LogP contribution in [0, 0.1) is 0 Å². The summed E-state index contributed by atoms with van der Waals surface area (Å²) in [4.78, 5) is 20.4. The highest BCUT2D eigenvalue weighted by molar-refractivity contribution is 5.87. The average molecular weight is 396 g/mol. The lowest BCUT2D eigenvalue weighted by Gasteiger charge is -2.01. The number of carbonyl (C=O) groups is 2. The minimum Gasteiger partial charge on any atom is -0.497 e. The smallest absolute Gasteiger partial charge is 0.335 e. The molecule has 0 aliphatic heterocycles. The van der Waals surface area contributed by atoms with E-state index in [-0.39, 0.29) is 0 Å². The van der Waals surface area contributed by atoms with E-state index in [0.717, 1.165) is 11.3 Å². The van der Waals surface area contributed by atoms with E-state index >= 15 is 0 Å². The normalized spacial score (nSPS) is 9.17. The lowest BCUT2D eigenvalue weighted by molar-refractivity contribution is 0.0686. The summed E-state index contributed by atoms with van der Waals surface area (Å²) in [5, 5.41) is 16.8. The van der Waals surface area contributed by atoms with Crippen LogP contribution in [0.2, 0.25) is 0 Å². The molecule has 3 aromatic rings. The summed E-state index contributed by atoms with van der Waals surface area (Å²) >= 11 is 0. The van der Waals surface area contributed by atoms with Crippen molar-refractivity contribution in [2.75, 3.05) is 14.2 Å². The van der Waals surface area contributed by atoms with Gasteiger partial charge in [-0.05, 0) is 42.0 Å². The van der Waals surface area contributed by atoms with Crippen molar-refractivity contribution in [3.05, 3.63) is 102 Å². The minimum atomic E-state index is -0.879. The molecule has 0 atom stereocenters. The molecule has 2 N–H and O–H groups in total. The summed E-state index contributed by atoms with van der Waals surface area (Å²) in [5.41, 5.74) is 1.82. The van der Waals surface area contributed by atoms with Crippen LogP contribution in [0.15, 0.2) is 84.9 Å². The quantitative estimate of drug-likeness (QED) is 0.654. The Labute approximate surface area is 170 Å². The highest BCUT2D eigenvalue weighted by atomic mass is 16.5. The molecule has 29 heavy (non-hydrogen) atoms. The van der Waals surface area contributed by atoms with Gasteiger partial charge in [0.15, 0.2) is 0 Å². The minimum absolute atomic E-state index is 0.331. The van der Waals surface area contributed by atoms with Gasteiger partial charge in [-0.25, -0.2) is 9.59 Å². The van der Waals surface area contributed by atoms with Crippen molar-refractivity contribution in [2.24, 2.45) is 0 Å². The van der Waals surface area contributed by atoms with E-state index in [1.807, 2.05) is 24.3 Å². The fourth-order valence-electron chi connectivity index (χ4n) is 2.05. The number of aromatic carboxylic acids is 2. The Bertz CT molecular complexity index is 796. The molecule has 0 bridgehead atoms. The summed E-state index contributed by atoms with van der Waals surface area (Å²) < 4.78 is 9.97. The molecule has 0 unspecified atom stereocenters. The van der Waals surface area contributed by atoms with Gasteiger partial charge in [-0.2, -0.15) is 0 Å². The maximum Gasteiger partial charge on any atom is 0.335 e. The van der Waals surface area contributed by atoms with Crippen molar-refractivity contribution in [1.82, 2.24) is 0 Å². The van der Waals surface area contributed by atoms with Crippen LogP contribution in [-0.4, -0.2) is 36.4 Å². The van der Waals surface area contributed by atoms with Crippen molar-refractivity contribution in [3.63, 3.8) is 0 Å². The van der Waals surface area contributed by atoms with Crippen LogP contribution < -0.4 is 4.74 Å². The van der Waals surface area contributed by atoms with Gasteiger partial charge < -0.3 is 19.7 Å². The van der Waals surface area contributed by atoms with Gasteiger partial charge in [0.2, 0.25) is 0 Å². The molecule has 0 saturated heterocycles. The van der Waals surface area contributed by atoms with Crippen LogP contribution in [0.3, 0.4) is 0 Å². The molecule has 0 aromatic heterocycles. The zero-order valence-electron chi connectivity index (χ0n) is 16.3. The van der Waals surface area contributed by atoms with E-state index in [9.17, 15) is 9.59 Å². The van der Waals surface area contributed by atoms with E-state index in [1.165, 1.54) is 0 Å². The Kier molecular flexibility index (Phi) is 10.9.